The predicted molar refractivity (Wildman–Crippen MR) is 164 cm³/mol. The van der Waals surface area contributed by atoms with Gasteiger partial charge in [-0.2, -0.15) is 18.2 Å². The molecule has 2 aliphatic heterocycles. The Morgan fingerprint density at radius 1 is 0.935 bits per heavy atom. The average Bonchev–Trinajstić information content (AvgIpc) is 3.71. The Hall–Kier alpha value is -4.85. The van der Waals surface area contributed by atoms with Crippen LogP contribution in [-0.2, 0) is 6.18 Å². The Morgan fingerprint density at radius 2 is 1.72 bits per heavy atom. The van der Waals surface area contributed by atoms with Gasteiger partial charge in [-0.05, 0) is 48.4 Å². The summed E-state index contributed by atoms with van der Waals surface area (Å²) in [6.45, 7) is 2.33. The highest BCUT2D eigenvalue weighted by atomic mass is 35.5. The van der Waals surface area contributed by atoms with Gasteiger partial charge >= 0.3 is 12.2 Å². The van der Waals surface area contributed by atoms with E-state index in [9.17, 15) is 27.2 Å². The second-order valence-electron chi connectivity index (χ2n) is 10.9. The number of carbonyl (C=O) groups is 2. The third-order valence-electron chi connectivity index (χ3n) is 7.88. The maximum atomic E-state index is 13.9. The van der Waals surface area contributed by atoms with Crippen LogP contribution in [0.3, 0.4) is 0 Å². The molecule has 0 bridgehead atoms. The number of anilines is 4. The van der Waals surface area contributed by atoms with Gasteiger partial charge in [0.2, 0.25) is 5.76 Å². The summed E-state index contributed by atoms with van der Waals surface area (Å²) in [5, 5.41) is 5.55. The Labute approximate surface area is 266 Å². The SMILES string of the molecule is O=C(Nc1ccc(N2CCN(C(=O)Nc3ccccc3F)CC2)nc1)c1oc(N2CCC(c3cccc(Cl)c3)C2)nc1C(F)(F)F. The number of aromatic nitrogens is 2. The molecule has 4 aromatic rings. The van der Waals surface area contributed by atoms with Gasteiger partial charge < -0.3 is 29.8 Å². The van der Waals surface area contributed by atoms with Crippen LogP contribution < -0.4 is 20.4 Å². The Balaban J connectivity index is 1.07. The van der Waals surface area contributed by atoms with Gasteiger partial charge in [0.15, 0.2) is 5.69 Å². The summed E-state index contributed by atoms with van der Waals surface area (Å²) in [6, 6.07) is 15.6. The first-order valence-corrected chi connectivity index (χ1v) is 14.8. The summed E-state index contributed by atoms with van der Waals surface area (Å²) in [7, 11) is 0. The van der Waals surface area contributed by atoms with Gasteiger partial charge in [0, 0.05) is 50.2 Å². The monoisotopic (exact) mass is 657 g/mol. The molecule has 0 aliphatic carbocycles. The zero-order valence-corrected chi connectivity index (χ0v) is 25.0. The molecule has 3 amide bonds. The first kappa shape index (κ1) is 31.1. The van der Waals surface area contributed by atoms with Crippen LogP contribution in [0, 0.1) is 5.82 Å². The maximum absolute atomic E-state index is 13.9. The van der Waals surface area contributed by atoms with E-state index in [0.717, 1.165) is 5.56 Å². The van der Waals surface area contributed by atoms with E-state index in [2.05, 4.69) is 20.6 Å². The van der Waals surface area contributed by atoms with Gasteiger partial charge in [-0.15, -0.1) is 0 Å². The van der Waals surface area contributed by atoms with Crippen molar-refractivity contribution in [2.45, 2.75) is 18.5 Å². The molecule has 0 saturated carbocycles. The van der Waals surface area contributed by atoms with Gasteiger partial charge in [-0.1, -0.05) is 35.9 Å². The van der Waals surface area contributed by atoms with E-state index >= 15 is 0 Å². The van der Waals surface area contributed by atoms with Crippen molar-refractivity contribution in [3.63, 3.8) is 0 Å². The molecule has 10 nitrogen and oxygen atoms in total. The molecule has 2 fully saturated rings. The summed E-state index contributed by atoms with van der Waals surface area (Å²) < 4.78 is 61.0. The van der Waals surface area contributed by atoms with Crippen molar-refractivity contribution in [3.05, 3.63) is 94.7 Å². The zero-order chi connectivity index (χ0) is 32.4. The number of pyridine rings is 1. The van der Waals surface area contributed by atoms with Crippen LogP contribution >= 0.6 is 11.6 Å². The number of piperazine rings is 1. The minimum absolute atomic E-state index is 0.0146. The van der Waals surface area contributed by atoms with Crippen LogP contribution in [0.25, 0.3) is 0 Å². The minimum atomic E-state index is -4.92. The number of hydrogen-bond acceptors (Lipinski definition) is 7. The predicted octanol–water partition coefficient (Wildman–Crippen LogP) is 6.48. The highest BCUT2D eigenvalue weighted by Gasteiger charge is 2.42. The van der Waals surface area contributed by atoms with E-state index in [0.29, 0.717) is 56.5 Å². The zero-order valence-electron chi connectivity index (χ0n) is 24.2. The average molecular weight is 658 g/mol. The largest absolute Gasteiger partial charge is 0.437 e. The van der Waals surface area contributed by atoms with Crippen molar-refractivity contribution in [3.8, 4) is 0 Å². The molecule has 0 radical (unpaired) electrons. The molecule has 240 valence electrons. The van der Waals surface area contributed by atoms with Gasteiger partial charge in [0.1, 0.15) is 11.6 Å². The van der Waals surface area contributed by atoms with Gasteiger partial charge in [-0.3, -0.25) is 4.79 Å². The third kappa shape index (κ3) is 6.86. The second kappa shape index (κ2) is 12.9. The quantitative estimate of drug-likeness (QED) is 0.229. The van der Waals surface area contributed by atoms with Crippen LogP contribution in [0.15, 0.2) is 71.3 Å². The standard InChI is InChI=1S/C31H28ClF4N7O3/c32-21-5-3-4-19(16-21)20-10-11-43(18-20)30-40-27(31(34,35)36)26(46-30)28(44)38-22-8-9-25(37-17-22)41-12-14-42(15-13-41)29(45)39-24-7-2-1-6-23(24)33/h1-9,16-17,20H,10-15,18H2,(H,38,44)(H,39,45). The van der Waals surface area contributed by atoms with Gasteiger partial charge in [0.25, 0.3) is 11.9 Å². The van der Waals surface area contributed by atoms with Crippen LogP contribution in [0.4, 0.5) is 45.6 Å². The molecule has 0 spiro atoms. The van der Waals surface area contributed by atoms with Gasteiger partial charge in [-0.25, -0.2) is 14.2 Å². The van der Waals surface area contributed by atoms with Crippen molar-refractivity contribution < 1.29 is 31.6 Å². The summed E-state index contributed by atoms with van der Waals surface area (Å²) in [5.74, 6) is -2.02. The third-order valence-corrected chi connectivity index (χ3v) is 8.12. The van der Waals surface area contributed by atoms with E-state index in [-0.39, 0.29) is 23.3 Å². The first-order valence-electron chi connectivity index (χ1n) is 14.5. The number of rotatable bonds is 6. The molecule has 2 saturated heterocycles. The number of amides is 3. The molecule has 2 aromatic heterocycles. The fourth-order valence-corrected chi connectivity index (χ4v) is 5.69. The number of oxazole rings is 1. The number of nitrogens with one attached hydrogen (secondary N) is 2. The molecule has 2 N–H and O–H groups in total. The molecule has 2 aliphatic rings. The summed E-state index contributed by atoms with van der Waals surface area (Å²) in [4.78, 5) is 38.6. The number of carbonyl (C=O) groups excluding carboxylic acids is 2. The molecule has 1 unspecified atom stereocenters. The van der Waals surface area contributed by atoms with E-state index in [1.807, 2.05) is 23.1 Å². The van der Waals surface area contributed by atoms with Crippen molar-refractivity contribution >= 4 is 46.7 Å². The molecule has 15 heteroatoms. The molecule has 2 aromatic carbocycles. The number of halogens is 5. The van der Waals surface area contributed by atoms with Gasteiger partial charge in [0.05, 0.1) is 17.6 Å². The molecular formula is C31H28ClF4N7O3. The smallest absolute Gasteiger partial charge is 0.417 e. The van der Waals surface area contributed by atoms with Crippen molar-refractivity contribution in [2.75, 3.05) is 59.7 Å². The Bertz CT molecular complexity index is 1730. The number of alkyl halides is 3. The lowest BCUT2D eigenvalue weighted by molar-refractivity contribution is -0.141. The molecular weight excluding hydrogens is 630 g/mol. The van der Waals surface area contributed by atoms with Crippen LogP contribution in [0.1, 0.15) is 34.2 Å². The minimum Gasteiger partial charge on any atom is -0.417 e. The Kier molecular flexibility index (Phi) is 8.71. The fourth-order valence-electron chi connectivity index (χ4n) is 5.49. The lowest BCUT2D eigenvalue weighted by Crippen LogP contribution is -2.50. The number of benzene rings is 2. The summed E-state index contributed by atoms with van der Waals surface area (Å²) in [6.07, 6.45) is -2.94. The maximum Gasteiger partial charge on any atom is 0.437 e. The van der Waals surface area contributed by atoms with Crippen molar-refractivity contribution in [1.82, 2.24) is 14.9 Å². The number of hydrogen-bond donors (Lipinski definition) is 2. The van der Waals surface area contributed by atoms with Crippen molar-refractivity contribution in [2.24, 2.45) is 0 Å². The van der Waals surface area contributed by atoms with E-state index < -0.39 is 35.4 Å². The second-order valence-corrected chi connectivity index (χ2v) is 11.3. The topological polar surface area (TPSA) is 107 Å². The highest BCUT2D eigenvalue weighted by molar-refractivity contribution is 6.30. The summed E-state index contributed by atoms with van der Waals surface area (Å²) >= 11 is 6.10. The van der Waals surface area contributed by atoms with E-state index in [1.165, 1.54) is 30.5 Å². The first-order chi connectivity index (χ1) is 22.0. The number of nitrogens with zero attached hydrogens (tertiary/aromatic N) is 5. The molecule has 1 atom stereocenters. The van der Waals surface area contributed by atoms with E-state index in [1.54, 1.807) is 28.0 Å². The van der Waals surface area contributed by atoms with Crippen LogP contribution in [0.5, 0.6) is 0 Å². The lowest BCUT2D eigenvalue weighted by atomic mass is 9.99. The fraction of sp³-hybridized carbons (Fsp3) is 0.290. The lowest BCUT2D eigenvalue weighted by Gasteiger charge is -2.35. The number of para-hydroxylation sites is 1. The van der Waals surface area contributed by atoms with Crippen molar-refractivity contribution in [1.29, 1.82) is 0 Å². The summed E-state index contributed by atoms with van der Waals surface area (Å²) in [5.41, 5.74) is -0.201. The van der Waals surface area contributed by atoms with Crippen LogP contribution in [-0.4, -0.2) is 66.1 Å². The Morgan fingerprint density at radius 3 is 2.41 bits per heavy atom. The van der Waals surface area contributed by atoms with E-state index in [4.69, 9.17) is 16.0 Å². The molecule has 46 heavy (non-hydrogen) atoms. The normalized spacial score (nSPS) is 16.9. The number of urea groups is 1. The molecule has 6 rings (SSSR count). The van der Waals surface area contributed by atoms with Crippen LogP contribution in [0.2, 0.25) is 5.02 Å². The molecule has 4 heterocycles. The highest BCUT2D eigenvalue weighted by Crippen LogP contribution is 2.37.